The van der Waals surface area contributed by atoms with E-state index in [-0.39, 0.29) is 0 Å². The molecule has 0 saturated heterocycles. The maximum atomic E-state index is 5.38. The zero-order chi connectivity index (χ0) is 8.97. The van der Waals surface area contributed by atoms with Gasteiger partial charge in [-0.15, -0.1) is 0 Å². The largest absolute Gasteiger partial charge is 0.458 e. The first-order chi connectivity index (χ1) is 5.74. The van der Waals surface area contributed by atoms with E-state index < -0.39 is 0 Å². The molecule has 0 N–H and O–H groups in total. The summed E-state index contributed by atoms with van der Waals surface area (Å²) in [6.45, 7) is 9.22. The van der Waals surface area contributed by atoms with E-state index in [1.54, 1.807) is 6.08 Å². The van der Waals surface area contributed by atoms with Crippen LogP contribution in [0.2, 0.25) is 0 Å². The van der Waals surface area contributed by atoms with Gasteiger partial charge in [-0.25, -0.2) is 0 Å². The van der Waals surface area contributed by atoms with Gasteiger partial charge in [0.05, 0.1) is 0 Å². The Kier molecular flexibility index (Phi) is 2.70. The lowest BCUT2D eigenvalue weighted by atomic mass is 10.2. The van der Waals surface area contributed by atoms with Crippen molar-refractivity contribution in [2.75, 3.05) is 0 Å². The highest BCUT2D eigenvalue weighted by atomic mass is 16.5. The molecule has 1 rings (SSSR count). The first kappa shape index (κ1) is 8.60. The van der Waals surface area contributed by atoms with Crippen molar-refractivity contribution < 1.29 is 4.74 Å². The number of allylic oxidation sites excluding steroid dienone is 1. The molecule has 1 aromatic carbocycles. The summed E-state index contributed by atoms with van der Waals surface area (Å²) in [6.07, 6.45) is 1.59. The Labute approximate surface area is 73.0 Å². The average molecular weight is 160 g/mol. The van der Waals surface area contributed by atoms with Crippen LogP contribution in [0.25, 0.3) is 0 Å². The Hall–Kier alpha value is -1.50. The van der Waals surface area contributed by atoms with Crippen LogP contribution in [0.5, 0.6) is 5.75 Å². The molecule has 1 nitrogen and oxygen atoms in total. The monoisotopic (exact) mass is 160 g/mol. The lowest BCUT2D eigenvalue weighted by molar-refractivity contribution is 0.444. The number of hydrogen-bond acceptors (Lipinski definition) is 1. The molecule has 0 amide bonds. The van der Waals surface area contributed by atoms with E-state index in [4.69, 9.17) is 4.74 Å². The summed E-state index contributed by atoms with van der Waals surface area (Å²) in [4.78, 5) is 0. The Morgan fingerprint density at radius 1 is 1.42 bits per heavy atom. The van der Waals surface area contributed by atoms with Crippen LogP contribution in [0, 0.1) is 6.92 Å². The van der Waals surface area contributed by atoms with Gasteiger partial charge in [-0.2, -0.15) is 0 Å². The molecule has 62 valence electrons. The normalized spacial score (nSPS) is 9.08. The second-order valence-corrected chi connectivity index (χ2v) is 2.54. The fourth-order valence-corrected chi connectivity index (χ4v) is 0.854. The second kappa shape index (κ2) is 3.77. The van der Waals surface area contributed by atoms with Crippen LogP contribution in [0.15, 0.2) is 49.3 Å². The maximum absolute atomic E-state index is 5.38. The lowest BCUT2D eigenvalue weighted by Crippen LogP contribution is -1.91. The molecule has 0 aliphatic heterocycles. The fourth-order valence-electron chi connectivity index (χ4n) is 0.854. The molecule has 0 fully saturated rings. The SMILES string of the molecule is C=CC(=C)Oc1ccccc1C. The van der Waals surface area contributed by atoms with Gasteiger partial charge in [0.1, 0.15) is 11.5 Å². The van der Waals surface area contributed by atoms with Crippen LogP contribution in [0.3, 0.4) is 0 Å². The minimum Gasteiger partial charge on any atom is -0.458 e. The quantitative estimate of drug-likeness (QED) is 0.487. The van der Waals surface area contributed by atoms with E-state index in [2.05, 4.69) is 13.2 Å². The first-order valence-electron chi connectivity index (χ1n) is 3.79. The molecule has 0 unspecified atom stereocenters. The molecule has 0 aliphatic rings. The highest BCUT2D eigenvalue weighted by Gasteiger charge is 1.96. The maximum Gasteiger partial charge on any atom is 0.130 e. The van der Waals surface area contributed by atoms with Gasteiger partial charge in [0.2, 0.25) is 0 Å². The van der Waals surface area contributed by atoms with Crippen LogP contribution < -0.4 is 4.74 Å². The standard InChI is InChI=1S/C11H12O/c1-4-10(3)12-11-8-6-5-7-9(11)2/h4-8H,1,3H2,2H3. The zero-order valence-electron chi connectivity index (χ0n) is 7.21. The predicted molar refractivity (Wildman–Crippen MR) is 51.1 cm³/mol. The lowest BCUT2D eigenvalue weighted by Gasteiger charge is -2.06. The highest BCUT2D eigenvalue weighted by Crippen LogP contribution is 2.18. The van der Waals surface area contributed by atoms with Gasteiger partial charge >= 0.3 is 0 Å². The predicted octanol–water partition coefficient (Wildman–Crippen LogP) is 3.07. The van der Waals surface area contributed by atoms with E-state index in [0.29, 0.717) is 5.76 Å². The van der Waals surface area contributed by atoms with Gasteiger partial charge in [0.25, 0.3) is 0 Å². The minimum absolute atomic E-state index is 0.573. The van der Waals surface area contributed by atoms with Gasteiger partial charge in [-0.1, -0.05) is 31.4 Å². The summed E-state index contributed by atoms with van der Waals surface area (Å²) in [6, 6.07) is 7.80. The smallest absolute Gasteiger partial charge is 0.130 e. The molecule has 0 aromatic heterocycles. The molecular weight excluding hydrogens is 148 g/mol. The molecule has 0 radical (unpaired) electrons. The molecule has 0 spiro atoms. The molecule has 1 aromatic rings. The van der Waals surface area contributed by atoms with E-state index in [1.165, 1.54) is 0 Å². The van der Waals surface area contributed by atoms with Crippen molar-refractivity contribution in [1.29, 1.82) is 0 Å². The molecule has 0 bridgehead atoms. The minimum atomic E-state index is 0.573. The van der Waals surface area contributed by atoms with E-state index in [1.807, 2.05) is 31.2 Å². The molecule has 0 heterocycles. The van der Waals surface area contributed by atoms with Crippen molar-refractivity contribution >= 4 is 0 Å². The Morgan fingerprint density at radius 3 is 2.67 bits per heavy atom. The van der Waals surface area contributed by atoms with Gasteiger partial charge in [-0.3, -0.25) is 0 Å². The third kappa shape index (κ3) is 1.99. The Morgan fingerprint density at radius 2 is 2.08 bits per heavy atom. The molecule has 0 saturated carbocycles. The van der Waals surface area contributed by atoms with Crippen molar-refractivity contribution in [3.63, 3.8) is 0 Å². The van der Waals surface area contributed by atoms with Crippen LogP contribution in [-0.4, -0.2) is 0 Å². The molecule has 12 heavy (non-hydrogen) atoms. The molecular formula is C11H12O. The number of rotatable bonds is 3. The fraction of sp³-hybridized carbons (Fsp3) is 0.0909. The topological polar surface area (TPSA) is 9.23 Å². The van der Waals surface area contributed by atoms with Gasteiger partial charge in [-0.05, 0) is 24.6 Å². The van der Waals surface area contributed by atoms with Crippen molar-refractivity contribution in [2.45, 2.75) is 6.92 Å². The van der Waals surface area contributed by atoms with Gasteiger partial charge < -0.3 is 4.74 Å². The Balaban J connectivity index is 2.82. The number of aryl methyl sites for hydroxylation is 1. The first-order valence-corrected chi connectivity index (χ1v) is 3.79. The average Bonchev–Trinajstić information content (AvgIpc) is 2.09. The van der Waals surface area contributed by atoms with E-state index in [9.17, 15) is 0 Å². The van der Waals surface area contributed by atoms with Gasteiger partial charge in [0, 0.05) is 0 Å². The van der Waals surface area contributed by atoms with Crippen LogP contribution >= 0.6 is 0 Å². The number of benzene rings is 1. The summed E-state index contributed by atoms with van der Waals surface area (Å²) in [7, 11) is 0. The van der Waals surface area contributed by atoms with Crippen molar-refractivity contribution in [3.05, 3.63) is 54.8 Å². The van der Waals surface area contributed by atoms with E-state index >= 15 is 0 Å². The Bertz CT molecular complexity index is 300. The highest BCUT2D eigenvalue weighted by molar-refractivity contribution is 5.33. The number of ether oxygens (including phenoxy) is 1. The number of hydrogen-bond donors (Lipinski definition) is 0. The van der Waals surface area contributed by atoms with Crippen molar-refractivity contribution in [1.82, 2.24) is 0 Å². The van der Waals surface area contributed by atoms with Gasteiger partial charge in [0.15, 0.2) is 0 Å². The van der Waals surface area contributed by atoms with Crippen LogP contribution in [0.4, 0.5) is 0 Å². The molecule has 0 aliphatic carbocycles. The number of para-hydroxylation sites is 1. The molecule has 0 atom stereocenters. The molecule has 1 heteroatoms. The second-order valence-electron chi connectivity index (χ2n) is 2.54. The van der Waals surface area contributed by atoms with E-state index in [0.717, 1.165) is 11.3 Å². The summed E-state index contributed by atoms with van der Waals surface area (Å²) in [5.41, 5.74) is 1.10. The third-order valence-corrected chi connectivity index (χ3v) is 1.56. The summed E-state index contributed by atoms with van der Waals surface area (Å²) in [5.74, 6) is 1.41. The van der Waals surface area contributed by atoms with Crippen LogP contribution in [0.1, 0.15) is 5.56 Å². The van der Waals surface area contributed by atoms with Crippen molar-refractivity contribution in [3.8, 4) is 5.75 Å². The third-order valence-electron chi connectivity index (χ3n) is 1.56. The summed E-state index contributed by atoms with van der Waals surface area (Å²) >= 11 is 0. The summed E-state index contributed by atoms with van der Waals surface area (Å²) < 4.78 is 5.38. The van der Waals surface area contributed by atoms with Crippen molar-refractivity contribution in [2.24, 2.45) is 0 Å². The van der Waals surface area contributed by atoms with Crippen LogP contribution in [-0.2, 0) is 0 Å². The zero-order valence-corrected chi connectivity index (χ0v) is 7.21. The summed E-state index contributed by atoms with van der Waals surface area (Å²) in [5, 5.41) is 0.